The van der Waals surface area contributed by atoms with Crippen LogP contribution in [0.4, 0.5) is 5.69 Å². The topological polar surface area (TPSA) is 74.8 Å². The van der Waals surface area contributed by atoms with Gasteiger partial charge in [-0.1, -0.05) is 12.1 Å². The van der Waals surface area contributed by atoms with Crippen molar-refractivity contribution in [3.05, 3.63) is 57.8 Å². The molecule has 1 aromatic carbocycles. The number of aryl methyl sites for hydroxylation is 1. The summed E-state index contributed by atoms with van der Waals surface area (Å²) in [5, 5.41) is 2.74. The van der Waals surface area contributed by atoms with E-state index in [0.717, 1.165) is 16.8 Å². The number of aromatic nitrogens is 2. The third-order valence-corrected chi connectivity index (χ3v) is 2.76. The largest absolute Gasteiger partial charge is 0.320 e. The summed E-state index contributed by atoms with van der Waals surface area (Å²) >= 11 is 0. The number of nitrogens with one attached hydrogen (secondary N) is 2. The lowest BCUT2D eigenvalue weighted by Gasteiger charge is -2.09. The Hall–Kier alpha value is -2.43. The molecule has 5 heteroatoms. The quantitative estimate of drug-likeness (QED) is 0.842. The summed E-state index contributed by atoms with van der Waals surface area (Å²) in [6.45, 7) is 3.90. The Balaban J connectivity index is 2.27. The SMILES string of the molecule is Cc1cccc(NC(=O)c2cc(=O)[nH]cn2)c1C. The fourth-order valence-electron chi connectivity index (χ4n) is 1.57. The second-order valence-corrected chi connectivity index (χ2v) is 4.00. The van der Waals surface area contributed by atoms with Gasteiger partial charge in [0.25, 0.3) is 11.5 Å². The second kappa shape index (κ2) is 4.83. The monoisotopic (exact) mass is 243 g/mol. The van der Waals surface area contributed by atoms with Gasteiger partial charge in [-0.3, -0.25) is 9.59 Å². The molecule has 0 aliphatic rings. The van der Waals surface area contributed by atoms with Crippen LogP contribution < -0.4 is 10.9 Å². The van der Waals surface area contributed by atoms with Crippen LogP contribution in [0.5, 0.6) is 0 Å². The molecule has 1 aromatic heterocycles. The van der Waals surface area contributed by atoms with E-state index in [1.807, 2.05) is 32.0 Å². The highest BCUT2D eigenvalue weighted by molar-refractivity contribution is 6.03. The van der Waals surface area contributed by atoms with Crippen LogP contribution in [0.15, 0.2) is 35.4 Å². The number of anilines is 1. The smallest absolute Gasteiger partial charge is 0.274 e. The van der Waals surface area contributed by atoms with Crippen LogP contribution >= 0.6 is 0 Å². The molecule has 0 spiro atoms. The Morgan fingerprint density at radius 1 is 1.33 bits per heavy atom. The highest BCUT2D eigenvalue weighted by Gasteiger charge is 2.09. The van der Waals surface area contributed by atoms with Crippen LogP contribution in [0.25, 0.3) is 0 Å². The molecule has 92 valence electrons. The van der Waals surface area contributed by atoms with Crippen molar-refractivity contribution in [3.63, 3.8) is 0 Å². The number of aromatic amines is 1. The van der Waals surface area contributed by atoms with Gasteiger partial charge in [0.15, 0.2) is 0 Å². The number of amides is 1. The zero-order valence-corrected chi connectivity index (χ0v) is 10.2. The molecule has 2 N–H and O–H groups in total. The van der Waals surface area contributed by atoms with E-state index in [2.05, 4.69) is 15.3 Å². The Kier molecular flexibility index (Phi) is 3.23. The molecule has 0 saturated heterocycles. The van der Waals surface area contributed by atoms with Gasteiger partial charge in [0, 0.05) is 11.8 Å². The first kappa shape index (κ1) is 12.0. The average molecular weight is 243 g/mol. The summed E-state index contributed by atoms with van der Waals surface area (Å²) in [4.78, 5) is 29.2. The molecule has 0 atom stereocenters. The van der Waals surface area contributed by atoms with E-state index in [4.69, 9.17) is 0 Å². The van der Waals surface area contributed by atoms with Gasteiger partial charge in [0.05, 0.1) is 6.33 Å². The average Bonchev–Trinajstić information content (AvgIpc) is 2.35. The molecule has 0 aliphatic heterocycles. The predicted molar refractivity (Wildman–Crippen MR) is 68.7 cm³/mol. The van der Waals surface area contributed by atoms with E-state index in [1.54, 1.807) is 0 Å². The highest BCUT2D eigenvalue weighted by atomic mass is 16.2. The minimum Gasteiger partial charge on any atom is -0.320 e. The predicted octanol–water partition coefficient (Wildman–Crippen LogP) is 1.64. The Morgan fingerprint density at radius 3 is 2.83 bits per heavy atom. The van der Waals surface area contributed by atoms with Crippen LogP contribution in [-0.4, -0.2) is 15.9 Å². The van der Waals surface area contributed by atoms with Gasteiger partial charge in [-0.2, -0.15) is 0 Å². The van der Waals surface area contributed by atoms with E-state index in [-0.39, 0.29) is 11.3 Å². The van der Waals surface area contributed by atoms with Crippen molar-refractivity contribution in [1.82, 2.24) is 9.97 Å². The Bertz CT molecular complexity index is 647. The summed E-state index contributed by atoms with van der Waals surface area (Å²) in [5.74, 6) is -0.394. The van der Waals surface area contributed by atoms with Crippen molar-refractivity contribution in [3.8, 4) is 0 Å². The number of hydrogen-bond acceptors (Lipinski definition) is 3. The van der Waals surface area contributed by atoms with Gasteiger partial charge in [-0.15, -0.1) is 0 Å². The van der Waals surface area contributed by atoms with Crippen molar-refractivity contribution in [1.29, 1.82) is 0 Å². The van der Waals surface area contributed by atoms with Crippen molar-refractivity contribution >= 4 is 11.6 Å². The maximum Gasteiger partial charge on any atom is 0.274 e. The van der Waals surface area contributed by atoms with Crippen LogP contribution in [0.2, 0.25) is 0 Å². The zero-order chi connectivity index (χ0) is 13.1. The van der Waals surface area contributed by atoms with Crippen LogP contribution in [0, 0.1) is 13.8 Å². The van der Waals surface area contributed by atoms with Crippen molar-refractivity contribution < 1.29 is 4.79 Å². The standard InChI is InChI=1S/C13H13N3O2/c1-8-4-3-5-10(9(8)2)16-13(18)11-6-12(17)15-7-14-11/h3-7H,1-2H3,(H,16,18)(H,14,15,17). The molecule has 0 bridgehead atoms. The van der Waals surface area contributed by atoms with Crippen molar-refractivity contribution in [2.45, 2.75) is 13.8 Å². The lowest BCUT2D eigenvalue weighted by Crippen LogP contribution is -2.18. The van der Waals surface area contributed by atoms with E-state index >= 15 is 0 Å². The molecule has 18 heavy (non-hydrogen) atoms. The highest BCUT2D eigenvalue weighted by Crippen LogP contribution is 2.18. The summed E-state index contributed by atoms with van der Waals surface area (Å²) in [6.07, 6.45) is 1.21. The fraction of sp³-hybridized carbons (Fsp3) is 0.154. The van der Waals surface area contributed by atoms with E-state index in [0.29, 0.717) is 0 Å². The first-order valence-corrected chi connectivity index (χ1v) is 5.50. The van der Waals surface area contributed by atoms with Gasteiger partial charge in [0.2, 0.25) is 0 Å². The maximum atomic E-state index is 11.9. The molecule has 0 radical (unpaired) electrons. The Labute approximate surface area is 104 Å². The van der Waals surface area contributed by atoms with E-state index in [1.165, 1.54) is 12.4 Å². The van der Waals surface area contributed by atoms with Crippen LogP contribution in [0.1, 0.15) is 21.6 Å². The number of rotatable bonds is 2. The van der Waals surface area contributed by atoms with Gasteiger partial charge < -0.3 is 10.3 Å². The molecule has 0 fully saturated rings. The van der Waals surface area contributed by atoms with Crippen molar-refractivity contribution in [2.75, 3.05) is 5.32 Å². The molecule has 2 rings (SSSR count). The lowest BCUT2D eigenvalue weighted by atomic mass is 10.1. The third-order valence-electron chi connectivity index (χ3n) is 2.76. The van der Waals surface area contributed by atoms with Gasteiger partial charge in [-0.05, 0) is 31.0 Å². The zero-order valence-electron chi connectivity index (χ0n) is 10.2. The molecule has 5 nitrogen and oxygen atoms in total. The molecule has 0 saturated carbocycles. The van der Waals surface area contributed by atoms with Gasteiger partial charge >= 0.3 is 0 Å². The van der Waals surface area contributed by atoms with Crippen molar-refractivity contribution in [2.24, 2.45) is 0 Å². The summed E-state index contributed by atoms with van der Waals surface area (Å²) in [6, 6.07) is 6.81. The number of nitrogens with zero attached hydrogens (tertiary/aromatic N) is 1. The second-order valence-electron chi connectivity index (χ2n) is 4.00. The van der Waals surface area contributed by atoms with E-state index in [9.17, 15) is 9.59 Å². The summed E-state index contributed by atoms with van der Waals surface area (Å²) in [5.41, 5.74) is 2.56. The molecular weight excluding hydrogens is 230 g/mol. The van der Waals surface area contributed by atoms with E-state index < -0.39 is 5.91 Å². The molecule has 2 aromatic rings. The van der Waals surface area contributed by atoms with Gasteiger partial charge in [-0.25, -0.2) is 4.98 Å². The normalized spacial score (nSPS) is 10.1. The first-order chi connectivity index (χ1) is 8.58. The van der Waals surface area contributed by atoms with Crippen LogP contribution in [-0.2, 0) is 0 Å². The number of benzene rings is 1. The first-order valence-electron chi connectivity index (χ1n) is 5.50. The molecule has 1 amide bonds. The number of carbonyl (C=O) groups excluding carboxylic acids is 1. The maximum absolute atomic E-state index is 11.9. The summed E-state index contributed by atoms with van der Waals surface area (Å²) < 4.78 is 0. The minimum atomic E-state index is -0.394. The lowest BCUT2D eigenvalue weighted by molar-refractivity contribution is 0.102. The molecule has 1 heterocycles. The van der Waals surface area contributed by atoms with Gasteiger partial charge in [0.1, 0.15) is 5.69 Å². The number of hydrogen-bond donors (Lipinski definition) is 2. The fourth-order valence-corrected chi connectivity index (χ4v) is 1.57. The number of H-pyrrole nitrogens is 1. The van der Waals surface area contributed by atoms with Crippen LogP contribution in [0.3, 0.4) is 0 Å². The third kappa shape index (κ3) is 2.45. The molecule has 0 unspecified atom stereocenters. The Morgan fingerprint density at radius 2 is 2.11 bits per heavy atom. The summed E-state index contributed by atoms with van der Waals surface area (Å²) in [7, 11) is 0. The molecular formula is C13H13N3O2. The number of carbonyl (C=O) groups is 1. The minimum absolute atomic E-state index is 0.0969. The molecule has 0 aliphatic carbocycles.